The molecule has 0 rings (SSSR count). The van der Waals surface area contributed by atoms with Gasteiger partial charge < -0.3 is 9.68 Å². The first kappa shape index (κ1) is 26.8. The fourth-order valence-electron chi connectivity index (χ4n) is 1.58. The van der Waals surface area contributed by atoms with E-state index >= 15 is 0 Å². The van der Waals surface area contributed by atoms with E-state index in [1.807, 2.05) is 0 Å². The van der Waals surface area contributed by atoms with E-state index in [2.05, 4.69) is 13.8 Å². The molecule has 0 amide bonds. The number of hydroxylamine groups is 2. The van der Waals surface area contributed by atoms with Gasteiger partial charge in [0.25, 0.3) is 0 Å². The molecule has 7 heteroatoms. The van der Waals surface area contributed by atoms with Crippen LogP contribution in [0.3, 0.4) is 0 Å². The molecule has 2 radical (unpaired) electrons. The van der Waals surface area contributed by atoms with Gasteiger partial charge in [0.15, 0.2) is 0 Å². The maximum absolute atomic E-state index is 11.3. The van der Waals surface area contributed by atoms with E-state index in [1.165, 1.54) is 0 Å². The third-order valence-electron chi connectivity index (χ3n) is 2.94. The molecule has 5 nitrogen and oxygen atoms in total. The van der Waals surface area contributed by atoms with E-state index < -0.39 is 11.9 Å². The van der Waals surface area contributed by atoms with Crippen molar-refractivity contribution in [2.24, 2.45) is 5.92 Å². The second kappa shape index (κ2) is 17.3. The Hall–Kier alpha value is 0.900. The number of carbonyl (C=O) groups excluding carboxylic acids is 2. The average molecular weight is 319 g/mol. The zero-order valence-corrected chi connectivity index (χ0v) is 18.6. The normalized spacial score (nSPS) is 11.1. The zero-order chi connectivity index (χ0) is 14.7. The number of rotatable bonds is 10. The summed E-state index contributed by atoms with van der Waals surface area (Å²) in [5.74, 6) is -0.433. The first-order chi connectivity index (χ1) is 9.07. The molecule has 0 aliphatic carbocycles. The van der Waals surface area contributed by atoms with Gasteiger partial charge in [-0.05, 0) is 12.3 Å². The van der Waals surface area contributed by atoms with E-state index in [0.717, 1.165) is 30.9 Å². The van der Waals surface area contributed by atoms with Crippen LogP contribution in [0.1, 0.15) is 66.2 Å². The Bertz CT molecular complexity index is 260. The predicted molar refractivity (Wildman–Crippen MR) is 84.3 cm³/mol. The van der Waals surface area contributed by atoms with Crippen molar-refractivity contribution in [2.45, 2.75) is 66.2 Å². The van der Waals surface area contributed by atoms with Crippen LogP contribution in [-0.2, 0) is 19.3 Å². The van der Waals surface area contributed by atoms with Crippen molar-refractivity contribution in [2.75, 3.05) is 6.54 Å². The van der Waals surface area contributed by atoms with E-state index in [4.69, 9.17) is 9.68 Å². The summed E-state index contributed by atoms with van der Waals surface area (Å²) >= 11 is 0. The molecule has 0 N–H and O–H groups in total. The van der Waals surface area contributed by atoms with Crippen molar-refractivity contribution < 1.29 is 19.3 Å². The summed E-state index contributed by atoms with van der Waals surface area (Å²) in [4.78, 5) is 32.7. The maximum Gasteiger partial charge on any atom is 0.328 e. The molecule has 0 aromatic rings. The number of unbranched alkanes of at least 4 members (excludes halogenated alkanes) is 1. The summed E-state index contributed by atoms with van der Waals surface area (Å²) in [6.45, 7) is 8.07. The van der Waals surface area contributed by atoms with Crippen LogP contribution in [0.15, 0.2) is 0 Å². The van der Waals surface area contributed by atoms with Crippen LogP contribution in [0.4, 0.5) is 0 Å². The molecule has 0 bridgehead atoms. The van der Waals surface area contributed by atoms with Crippen LogP contribution >= 0.6 is 0 Å². The second-order valence-electron chi connectivity index (χ2n) is 4.57. The molecule has 0 aliphatic rings. The van der Waals surface area contributed by atoms with E-state index in [-0.39, 0.29) is 72.0 Å². The van der Waals surface area contributed by atoms with Gasteiger partial charge >= 0.3 is 11.9 Å². The Morgan fingerprint density at radius 2 is 1.43 bits per heavy atom. The largest absolute Gasteiger partial charge is 0.333 e. The van der Waals surface area contributed by atoms with Crippen LogP contribution in [0, 0.1) is 5.92 Å². The molecule has 0 aromatic carbocycles. The summed E-state index contributed by atoms with van der Waals surface area (Å²) in [7, 11) is 0. The SMILES string of the molecule is CCCCC(CC)CN(OC(=O)CC)OC(=O)CC.[Na].[Na]. The van der Waals surface area contributed by atoms with Crippen LogP contribution in [0.5, 0.6) is 0 Å². The van der Waals surface area contributed by atoms with Crippen molar-refractivity contribution in [3.63, 3.8) is 0 Å². The molecule has 21 heavy (non-hydrogen) atoms. The molecular formula is C14H27NNa2O4. The van der Waals surface area contributed by atoms with Gasteiger partial charge in [0.2, 0.25) is 0 Å². The molecule has 1 atom stereocenters. The van der Waals surface area contributed by atoms with Gasteiger partial charge in [-0.15, -0.1) is 0 Å². The number of hydrogen-bond acceptors (Lipinski definition) is 5. The van der Waals surface area contributed by atoms with E-state index in [9.17, 15) is 9.59 Å². The molecule has 0 heterocycles. The standard InChI is InChI=1S/C14H27NO4.2Na/c1-5-9-10-12(6-2)11-15(18-13(16)7-3)19-14(17)8-4;;/h12H,5-11H2,1-4H3;;. The smallest absolute Gasteiger partial charge is 0.328 e. The fourth-order valence-corrected chi connectivity index (χ4v) is 1.58. The Kier molecular flexibility index (Phi) is 22.0. The molecular weight excluding hydrogens is 292 g/mol. The molecule has 0 saturated heterocycles. The molecule has 0 spiro atoms. The number of carbonyl (C=O) groups is 2. The Balaban J connectivity index is -0.00000162. The van der Waals surface area contributed by atoms with Gasteiger partial charge in [0, 0.05) is 77.2 Å². The minimum Gasteiger partial charge on any atom is -0.333 e. The number of hydrogen-bond donors (Lipinski definition) is 0. The van der Waals surface area contributed by atoms with Crippen LogP contribution in [0.25, 0.3) is 0 Å². The third kappa shape index (κ3) is 14.2. The summed E-state index contributed by atoms with van der Waals surface area (Å²) in [5, 5.41) is 1.06. The summed E-state index contributed by atoms with van der Waals surface area (Å²) in [5.41, 5.74) is 0. The summed E-state index contributed by atoms with van der Waals surface area (Å²) in [6, 6.07) is 0. The molecule has 114 valence electrons. The van der Waals surface area contributed by atoms with Gasteiger partial charge in [0.05, 0.1) is 6.54 Å². The van der Waals surface area contributed by atoms with Crippen LogP contribution < -0.4 is 0 Å². The number of nitrogens with zero attached hydrogens (tertiary/aromatic N) is 1. The second-order valence-corrected chi connectivity index (χ2v) is 4.57. The topological polar surface area (TPSA) is 55.8 Å². The summed E-state index contributed by atoms with van der Waals surface area (Å²) < 4.78 is 0. The van der Waals surface area contributed by atoms with E-state index in [0.29, 0.717) is 12.5 Å². The minimum atomic E-state index is -0.394. The fraction of sp³-hybridized carbons (Fsp3) is 0.857. The average Bonchev–Trinajstić information content (AvgIpc) is 2.42. The maximum atomic E-state index is 11.3. The van der Waals surface area contributed by atoms with Crippen LogP contribution in [-0.4, -0.2) is 82.8 Å². The Morgan fingerprint density at radius 1 is 0.952 bits per heavy atom. The first-order valence-electron chi connectivity index (χ1n) is 7.26. The molecule has 0 aliphatic heterocycles. The predicted octanol–water partition coefficient (Wildman–Crippen LogP) is 2.48. The van der Waals surface area contributed by atoms with Crippen molar-refractivity contribution in [1.29, 1.82) is 0 Å². The first-order valence-corrected chi connectivity index (χ1v) is 7.26. The molecule has 0 fully saturated rings. The van der Waals surface area contributed by atoms with Crippen molar-refractivity contribution in [1.82, 2.24) is 5.23 Å². The Morgan fingerprint density at radius 3 is 1.76 bits per heavy atom. The third-order valence-corrected chi connectivity index (χ3v) is 2.94. The Labute approximate surface area is 173 Å². The van der Waals surface area contributed by atoms with Gasteiger partial charge in [-0.3, -0.25) is 9.59 Å². The van der Waals surface area contributed by atoms with Gasteiger partial charge in [-0.1, -0.05) is 47.0 Å². The van der Waals surface area contributed by atoms with Gasteiger partial charge in [0.1, 0.15) is 0 Å². The summed E-state index contributed by atoms with van der Waals surface area (Å²) in [6.07, 6.45) is 4.76. The zero-order valence-electron chi connectivity index (χ0n) is 14.6. The molecule has 1 unspecified atom stereocenters. The quantitative estimate of drug-likeness (QED) is 0.457. The van der Waals surface area contributed by atoms with Crippen molar-refractivity contribution >= 4 is 71.1 Å². The van der Waals surface area contributed by atoms with Crippen LogP contribution in [0.2, 0.25) is 0 Å². The van der Waals surface area contributed by atoms with Gasteiger partial charge in [-0.2, -0.15) is 0 Å². The molecule has 0 saturated carbocycles. The van der Waals surface area contributed by atoms with Crippen molar-refractivity contribution in [3.8, 4) is 0 Å². The monoisotopic (exact) mass is 319 g/mol. The van der Waals surface area contributed by atoms with E-state index in [1.54, 1.807) is 13.8 Å². The van der Waals surface area contributed by atoms with Crippen molar-refractivity contribution in [3.05, 3.63) is 0 Å². The minimum absolute atomic E-state index is 0. The van der Waals surface area contributed by atoms with Gasteiger partial charge in [-0.25, -0.2) is 0 Å². The molecule has 0 aromatic heterocycles.